The highest BCUT2D eigenvalue weighted by Crippen LogP contribution is 2.21. The summed E-state index contributed by atoms with van der Waals surface area (Å²) in [4.78, 5) is 13.2. The van der Waals surface area contributed by atoms with Gasteiger partial charge in [0.1, 0.15) is 6.29 Å². The van der Waals surface area contributed by atoms with E-state index in [9.17, 15) is 4.79 Å². The number of nitrogens with zero attached hydrogens (tertiary/aromatic N) is 1. The highest BCUT2D eigenvalue weighted by Gasteiger charge is 2.30. The quantitative estimate of drug-likeness (QED) is 0.601. The number of carbonyl (C=O) groups excluding carboxylic acids is 1. The van der Waals surface area contributed by atoms with Gasteiger partial charge in [-0.3, -0.25) is 4.90 Å². The molecule has 0 amide bonds. The smallest absolute Gasteiger partial charge is 0.139 e. The van der Waals surface area contributed by atoms with Gasteiger partial charge in [0.05, 0.1) is 5.54 Å². The zero-order valence-electron chi connectivity index (χ0n) is 8.18. The summed E-state index contributed by atoms with van der Waals surface area (Å²) in [5, 5.41) is 0. The van der Waals surface area contributed by atoms with Gasteiger partial charge in [-0.1, -0.05) is 13.3 Å². The molecule has 0 N–H and O–H groups in total. The summed E-state index contributed by atoms with van der Waals surface area (Å²) in [6.07, 6.45) is 5.87. The van der Waals surface area contributed by atoms with Crippen molar-refractivity contribution in [2.24, 2.45) is 0 Å². The number of rotatable bonds is 3. The Bertz CT molecular complexity index is 152. The monoisotopic (exact) mass is 169 g/mol. The van der Waals surface area contributed by atoms with Crippen molar-refractivity contribution in [3.05, 3.63) is 0 Å². The van der Waals surface area contributed by atoms with E-state index < -0.39 is 0 Å². The number of hydrogen-bond donors (Lipinski definition) is 0. The van der Waals surface area contributed by atoms with E-state index >= 15 is 0 Å². The predicted molar refractivity (Wildman–Crippen MR) is 50.2 cm³/mol. The van der Waals surface area contributed by atoms with E-state index in [1.54, 1.807) is 0 Å². The first-order chi connectivity index (χ1) is 5.73. The molecule has 12 heavy (non-hydrogen) atoms. The lowest BCUT2D eigenvalue weighted by molar-refractivity contribution is -0.118. The molecule has 1 aliphatic heterocycles. The fourth-order valence-corrected chi connectivity index (χ4v) is 1.79. The molecule has 0 spiro atoms. The summed E-state index contributed by atoms with van der Waals surface area (Å²) in [6.45, 7) is 6.33. The summed E-state index contributed by atoms with van der Waals surface area (Å²) in [7, 11) is 0. The van der Waals surface area contributed by atoms with Gasteiger partial charge in [-0.05, 0) is 39.3 Å². The Kier molecular flexibility index (Phi) is 3.27. The number of aldehydes is 1. The molecule has 1 aliphatic rings. The van der Waals surface area contributed by atoms with Crippen LogP contribution >= 0.6 is 0 Å². The molecule has 0 saturated carbocycles. The maximum absolute atomic E-state index is 10.9. The summed E-state index contributed by atoms with van der Waals surface area (Å²) < 4.78 is 0. The molecule has 2 heteroatoms. The molecule has 0 aromatic rings. The third kappa shape index (κ3) is 1.86. The van der Waals surface area contributed by atoms with E-state index in [2.05, 4.69) is 11.8 Å². The van der Waals surface area contributed by atoms with Crippen LogP contribution in [0.3, 0.4) is 0 Å². The molecule has 0 radical (unpaired) electrons. The molecule has 0 bridgehead atoms. The molecule has 1 saturated heterocycles. The second-order valence-electron chi connectivity index (χ2n) is 3.88. The van der Waals surface area contributed by atoms with Crippen molar-refractivity contribution < 1.29 is 4.79 Å². The lowest BCUT2D eigenvalue weighted by atomic mass is 9.95. The Morgan fingerprint density at radius 2 is 1.92 bits per heavy atom. The first kappa shape index (κ1) is 9.72. The average Bonchev–Trinajstić information content (AvgIpc) is 2.18. The second kappa shape index (κ2) is 4.04. The van der Waals surface area contributed by atoms with Crippen LogP contribution in [-0.4, -0.2) is 29.8 Å². The van der Waals surface area contributed by atoms with Gasteiger partial charge in [0.15, 0.2) is 0 Å². The number of piperidine rings is 1. The van der Waals surface area contributed by atoms with E-state index in [0.717, 1.165) is 25.8 Å². The Hall–Kier alpha value is -0.370. The molecular formula is C10H19NO. The topological polar surface area (TPSA) is 20.3 Å². The molecule has 1 heterocycles. The average molecular weight is 169 g/mol. The van der Waals surface area contributed by atoms with Crippen molar-refractivity contribution in [2.75, 3.05) is 13.1 Å². The number of likely N-dealkylation sites (tertiary alicyclic amines) is 1. The molecule has 0 aromatic carbocycles. The Labute approximate surface area is 74.9 Å². The van der Waals surface area contributed by atoms with E-state index in [4.69, 9.17) is 0 Å². The predicted octanol–water partition coefficient (Wildman–Crippen LogP) is 1.84. The van der Waals surface area contributed by atoms with E-state index in [0.29, 0.717) is 0 Å². The molecule has 70 valence electrons. The van der Waals surface area contributed by atoms with Crippen molar-refractivity contribution in [1.29, 1.82) is 0 Å². The molecular weight excluding hydrogens is 150 g/mol. The minimum atomic E-state index is -0.194. The van der Waals surface area contributed by atoms with Crippen molar-refractivity contribution in [3.8, 4) is 0 Å². The zero-order valence-corrected chi connectivity index (χ0v) is 8.18. The first-order valence-corrected chi connectivity index (χ1v) is 4.94. The highest BCUT2D eigenvalue weighted by molar-refractivity contribution is 5.63. The largest absolute Gasteiger partial charge is 0.301 e. The van der Waals surface area contributed by atoms with Crippen LogP contribution in [0.25, 0.3) is 0 Å². The third-order valence-electron chi connectivity index (χ3n) is 3.05. The van der Waals surface area contributed by atoms with Crippen LogP contribution in [0.2, 0.25) is 0 Å². The summed E-state index contributed by atoms with van der Waals surface area (Å²) in [5.74, 6) is 0. The lowest BCUT2D eigenvalue weighted by Crippen LogP contribution is -2.49. The van der Waals surface area contributed by atoms with Crippen LogP contribution < -0.4 is 0 Å². The SMILES string of the molecule is CCC(C)(C=O)N1CCCCC1. The van der Waals surface area contributed by atoms with Gasteiger partial charge in [-0.15, -0.1) is 0 Å². The van der Waals surface area contributed by atoms with Crippen LogP contribution in [0.5, 0.6) is 0 Å². The normalized spacial score (nSPS) is 24.8. The van der Waals surface area contributed by atoms with Crippen LogP contribution in [0, 0.1) is 0 Å². The maximum atomic E-state index is 10.9. The molecule has 1 fully saturated rings. The molecule has 0 aliphatic carbocycles. The maximum Gasteiger partial charge on any atom is 0.139 e. The Balaban J connectivity index is 2.57. The summed E-state index contributed by atoms with van der Waals surface area (Å²) in [5.41, 5.74) is -0.194. The zero-order chi connectivity index (χ0) is 9.03. The van der Waals surface area contributed by atoms with Crippen molar-refractivity contribution >= 4 is 6.29 Å². The fourth-order valence-electron chi connectivity index (χ4n) is 1.79. The van der Waals surface area contributed by atoms with Crippen LogP contribution in [0.1, 0.15) is 39.5 Å². The number of hydrogen-bond acceptors (Lipinski definition) is 2. The van der Waals surface area contributed by atoms with Gasteiger partial charge in [-0.25, -0.2) is 0 Å². The third-order valence-corrected chi connectivity index (χ3v) is 3.05. The Morgan fingerprint density at radius 1 is 1.33 bits per heavy atom. The highest BCUT2D eigenvalue weighted by atomic mass is 16.1. The lowest BCUT2D eigenvalue weighted by Gasteiger charge is -2.39. The van der Waals surface area contributed by atoms with Gasteiger partial charge >= 0.3 is 0 Å². The minimum absolute atomic E-state index is 0.194. The van der Waals surface area contributed by atoms with Gasteiger partial charge in [-0.2, -0.15) is 0 Å². The molecule has 1 unspecified atom stereocenters. The van der Waals surface area contributed by atoms with E-state index in [-0.39, 0.29) is 5.54 Å². The van der Waals surface area contributed by atoms with Gasteiger partial charge in [0.25, 0.3) is 0 Å². The standard InChI is InChI=1S/C10H19NO/c1-3-10(2,9-12)11-7-5-4-6-8-11/h9H,3-8H2,1-2H3. The van der Waals surface area contributed by atoms with Gasteiger partial charge < -0.3 is 4.79 Å². The van der Waals surface area contributed by atoms with Crippen molar-refractivity contribution in [3.63, 3.8) is 0 Å². The summed E-state index contributed by atoms with van der Waals surface area (Å²) in [6, 6.07) is 0. The minimum Gasteiger partial charge on any atom is -0.301 e. The Morgan fingerprint density at radius 3 is 2.33 bits per heavy atom. The molecule has 1 atom stereocenters. The first-order valence-electron chi connectivity index (χ1n) is 4.94. The van der Waals surface area contributed by atoms with E-state index in [1.807, 2.05) is 6.92 Å². The van der Waals surface area contributed by atoms with Crippen LogP contribution in [0.15, 0.2) is 0 Å². The van der Waals surface area contributed by atoms with Crippen molar-refractivity contribution in [2.45, 2.75) is 45.1 Å². The van der Waals surface area contributed by atoms with E-state index in [1.165, 1.54) is 19.3 Å². The summed E-state index contributed by atoms with van der Waals surface area (Å²) >= 11 is 0. The number of carbonyl (C=O) groups is 1. The molecule has 2 nitrogen and oxygen atoms in total. The second-order valence-corrected chi connectivity index (χ2v) is 3.88. The fraction of sp³-hybridized carbons (Fsp3) is 0.900. The molecule has 1 rings (SSSR count). The molecule has 0 aromatic heterocycles. The van der Waals surface area contributed by atoms with Gasteiger partial charge in [0.2, 0.25) is 0 Å². The van der Waals surface area contributed by atoms with Gasteiger partial charge in [0, 0.05) is 0 Å². The van der Waals surface area contributed by atoms with Crippen LogP contribution in [-0.2, 0) is 4.79 Å². The van der Waals surface area contributed by atoms with Crippen LogP contribution in [0.4, 0.5) is 0 Å². The van der Waals surface area contributed by atoms with Crippen molar-refractivity contribution in [1.82, 2.24) is 4.90 Å².